The molecule has 0 bridgehead atoms. The molecule has 2 aromatic rings. The summed E-state index contributed by atoms with van der Waals surface area (Å²) >= 11 is 0. The fraction of sp³-hybridized carbons (Fsp3) is 0.412. The third-order valence-electron chi connectivity index (χ3n) is 4.16. The molecule has 0 spiro atoms. The minimum Gasteiger partial charge on any atom is -0.359 e. The molecule has 1 aliphatic heterocycles. The maximum Gasteiger partial charge on any atom is 0.225 e. The molecule has 1 N–H and O–H groups in total. The maximum atomic E-state index is 12.3. The van der Waals surface area contributed by atoms with Gasteiger partial charge in [-0.1, -0.05) is 11.2 Å². The standard InChI is InChI=1S/C17H20N4O3/c1-12(22)21-8-4-5-13(11-21)17(23)19-10-14-9-16(20-24-14)15-6-2-3-7-18-15/h2-3,6-7,9,13H,4-5,8,10-11H2,1H3,(H,19,23)/t13-/m1/s1. The molecule has 0 unspecified atom stereocenters. The van der Waals surface area contributed by atoms with Crippen LogP contribution in [0.5, 0.6) is 0 Å². The van der Waals surface area contributed by atoms with Gasteiger partial charge in [0, 0.05) is 32.3 Å². The van der Waals surface area contributed by atoms with Crippen molar-refractivity contribution in [3.8, 4) is 11.4 Å². The minimum absolute atomic E-state index is 0.0164. The van der Waals surface area contributed by atoms with E-state index in [0.29, 0.717) is 18.0 Å². The lowest BCUT2D eigenvalue weighted by molar-refractivity contribution is -0.134. The summed E-state index contributed by atoms with van der Waals surface area (Å²) in [5.74, 6) is 0.364. The van der Waals surface area contributed by atoms with Crippen LogP contribution in [0.1, 0.15) is 25.5 Å². The maximum absolute atomic E-state index is 12.3. The van der Waals surface area contributed by atoms with Gasteiger partial charge >= 0.3 is 0 Å². The lowest BCUT2D eigenvalue weighted by Gasteiger charge is -2.31. The summed E-state index contributed by atoms with van der Waals surface area (Å²) in [6, 6.07) is 7.32. The van der Waals surface area contributed by atoms with E-state index in [1.54, 1.807) is 17.2 Å². The quantitative estimate of drug-likeness (QED) is 0.921. The number of rotatable bonds is 4. The lowest BCUT2D eigenvalue weighted by atomic mass is 9.97. The highest BCUT2D eigenvalue weighted by Gasteiger charge is 2.26. The van der Waals surface area contributed by atoms with Gasteiger partial charge in [-0.25, -0.2) is 0 Å². The number of nitrogens with zero attached hydrogens (tertiary/aromatic N) is 3. The zero-order valence-electron chi connectivity index (χ0n) is 13.6. The Morgan fingerprint density at radius 2 is 2.25 bits per heavy atom. The van der Waals surface area contributed by atoms with Gasteiger partial charge in [0.25, 0.3) is 0 Å². The summed E-state index contributed by atoms with van der Waals surface area (Å²) in [7, 11) is 0. The second kappa shape index (κ2) is 7.25. The van der Waals surface area contributed by atoms with Gasteiger partial charge in [0.2, 0.25) is 11.8 Å². The van der Waals surface area contributed by atoms with Gasteiger partial charge in [0.1, 0.15) is 5.69 Å². The van der Waals surface area contributed by atoms with Crippen LogP contribution in [0.25, 0.3) is 11.4 Å². The van der Waals surface area contributed by atoms with Crippen molar-refractivity contribution in [2.45, 2.75) is 26.3 Å². The third kappa shape index (κ3) is 3.79. The SMILES string of the molecule is CC(=O)N1CCC[C@@H](C(=O)NCc2cc(-c3ccccn3)no2)C1. The Morgan fingerprint density at radius 3 is 3.00 bits per heavy atom. The van der Waals surface area contributed by atoms with Gasteiger partial charge in [-0.2, -0.15) is 0 Å². The third-order valence-corrected chi connectivity index (χ3v) is 4.16. The number of carbonyl (C=O) groups is 2. The number of pyridine rings is 1. The molecule has 1 fully saturated rings. The van der Waals surface area contributed by atoms with E-state index in [9.17, 15) is 9.59 Å². The van der Waals surface area contributed by atoms with E-state index in [0.717, 1.165) is 25.1 Å². The summed E-state index contributed by atoms with van der Waals surface area (Å²) < 4.78 is 5.25. The van der Waals surface area contributed by atoms with Crippen LogP contribution in [0.2, 0.25) is 0 Å². The summed E-state index contributed by atoms with van der Waals surface area (Å²) in [6.45, 7) is 3.02. The number of aromatic nitrogens is 2. The molecule has 24 heavy (non-hydrogen) atoms. The number of nitrogens with one attached hydrogen (secondary N) is 1. The van der Waals surface area contributed by atoms with Crippen LogP contribution in [0.15, 0.2) is 35.0 Å². The van der Waals surface area contributed by atoms with Crippen molar-refractivity contribution in [3.05, 3.63) is 36.2 Å². The van der Waals surface area contributed by atoms with Gasteiger partial charge in [0.15, 0.2) is 5.76 Å². The molecule has 3 rings (SSSR count). The largest absolute Gasteiger partial charge is 0.359 e. The van der Waals surface area contributed by atoms with Gasteiger partial charge < -0.3 is 14.7 Å². The van der Waals surface area contributed by atoms with E-state index in [1.165, 1.54) is 6.92 Å². The second-order valence-corrected chi connectivity index (χ2v) is 5.92. The molecule has 0 aromatic carbocycles. The Labute approximate surface area is 140 Å². The second-order valence-electron chi connectivity index (χ2n) is 5.92. The molecule has 7 nitrogen and oxygen atoms in total. The van der Waals surface area contributed by atoms with E-state index < -0.39 is 0 Å². The molecule has 0 aliphatic carbocycles. The number of hydrogen-bond donors (Lipinski definition) is 1. The zero-order valence-corrected chi connectivity index (χ0v) is 13.6. The number of piperidine rings is 1. The van der Waals surface area contributed by atoms with E-state index in [-0.39, 0.29) is 24.3 Å². The molecule has 2 aromatic heterocycles. The first-order valence-electron chi connectivity index (χ1n) is 8.03. The van der Waals surface area contributed by atoms with Crippen LogP contribution < -0.4 is 5.32 Å². The van der Waals surface area contributed by atoms with Gasteiger partial charge in [-0.3, -0.25) is 14.6 Å². The summed E-state index contributed by atoms with van der Waals surface area (Å²) in [6.07, 6.45) is 3.34. The minimum atomic E-state index is -0.166. The first kappa shape index (κ1) is 16.2. The highest BCUT2D eigenvalue weighted by atomic mass is 16.5. The molecule has 126 valence electrons. The Hall–Kier alpha value is -2.70. The monoisotopic (exact) mass is 328 g/mol. The summed E-state index contributed by atoms with van der Waals surface area (Å²) in [5, 5.41) is 6.83. The Morgan fingerprint density at radius 1 is 1.38 bits per heavy atom. The van der Waals surface area contributed by atoms with E-state index in [2.05, 4.69) is 15.5 Å². The van der Waals surface area contributed by atoms with Crippen LogP contribution in [0.3, 0.4) is 0 Å². The van der Waals surface area contributed by atoms with Crippen molar-refractivity contribution >= 4 is 11.8 Å². The highest BCUT2D eigenvalue weighted by molar-refractivity contribution is 5.80. The van der Waals surface area contributed by atoms with E-state index in [1.807, 2.05) is 18.2 Å². The number of likely N-dealkylation sites (tertiary alicyclic amines) is 1. The summed E-state index contributed by atoms with van der Waals surface area (Å²) in [5.41, 5.74) is 1.36. The van der Waals surface area contributed by atoms with Crippen molar-refractivity contribution < 1.29 is 14.1 Å². The van der Waals surface area contributed by atoms with Crippen LogP contribution in [-0.4, -0.2) is 39.9 Å². The lowest BCUT2D eigenvalue weighted by Crippen LogP contribution is -2.44. The van der Waals surface area contributed by atoms with Gasteiger partial charge in [-0.05, 0) is 25.0 Å². The normalized spacial score (nSPS) is 17.5. The topological polar surface area (TPSA) is 88.3 Å². The Bertz CT molecular complexity index is 714. The number of carbonyl (C=O) groups excluding carboxylic acids is 2. The molecule has 1 atom stereocenters. The zero-order chi connectivity index (χ0) is 16.9. The predicted octanol–water partition coefficient (Wildman–Crippen LogP) is 1.61. The average molecular weight is 328 g/mol. The molecule has 7 heteroatoms. The van der Waals surface area contributed by atoms with E-state index >= 15 is 0 Å². The predicted molar refractivity (Wildman–Crippen MR) is 86.6 cm³/mol. The van der Waals surface area contributed by atoms with Crippen molar-refractivity contribution in [1.29, 1.82) is 0 Å². The smallest absolute Gasteiger partial charge is 0.225 e. The van der Waals surface area contributed by atoms with Crippen LogP contribution >= 0.6 is 0 Å². The summed E-state index contributed by atoms with van der Waals surface area (Å²) in [4.78, 5) is 29.7. The number of hydrogen-bond acceptors (Lipinski definition) is 5. The van der Waals surface area contributed by atoms with Crippen LogP contribution in [-0.2, 0) is 16.1 Å². The first-order chi connectivity index (χ1) is 11.6. The number of amides is 2. The van der Waals surface area contributed by atoms with Crippen LogP contribution in [0, 0.1) is 5.92 Å². The molecule has 3 heterocycles. The van der Waals surface area contributed by atoms with E-state index in [4.69, 9.17) is 4.52 Å². The van der Waals surface area contributed by atoms with Crippen molar-refractivity contribution in [2.75, 3.05) is 13.1 Å². The fourth-order valence-corrected chi connectivity index (χ4v) is 2.83. The molecule has 1 saturated heterocycles. The average Bonchev–Trinajstić information content (AvgIpc) is 3.09. The molecule has 2 amide bonds. The fourth-order valence-electron chi connectivity index (χ4n) is 2.83. The van der Waals surface area contributed by atoms with Gasteiger partial charge in [0.05, 0.1) is 18.2 Å². The molecule has 1 aliphatic rings. The van der Waals surface area contributed by atoms with Crippen molar-refractivity contribution in [1.82, 2.24) is 20.4 Å². The first-order valence-corrected chi connectivity index (χ1v) is 8.03. The Kier molecular flexibility index (Phi) is 4.88. The molecule has 0 saturated carbocycles. The van der Waals surface area contributed by atoms with Crippen LogP contribution in [0.4, 0.5) is 0 Å². The Balaban J connectivity index is 1.55. The van der Waals surface area contributed by atoms with Crippen molar-refractivity contribution in [3.63, 3.8) is 0 Å². The molecular weight excluding hydrogens is 308 g/mol. The highest BCUT2D eigenvalue weighted by Crippen LogP contribution is 2.18. The van der Waals surface area contributed by atoms with Crippen molar-refractivity contribution in [2.24, 2.45) is 5.92 Å². The van der Waals surface area contributed by atoms with Gasteiger partial charge in [-0.15, -0.1) is 0 Å². The molecule has 0 radical (unpaired) electrons. The molecular formula is C17H20N4O3.